The summed E-state index contributed by atoms with van der Waals surface area (Å²) in [5.74, 6) is -0.203. The normalized spacial score (nSPS) is 11.3. The summed E-state index contributed by atoms with van der Waals surface area (Å²) in [4.78, 5) is 11.2. The second-order valence-corrected chi connectivity index (χ2v) is 5.29. The topological polar surface area (TPSA) is 50.8 Å². The van der Waals surface area contributed by atoms with Gasteiger partial charge in [0.1, 0.15) is 0 Å². The fraction of sp³-hybridized carbons (Fsp3) is 0.143. The van der Waals surface area contributed by atoms with Crippen LogP contribution in [0.5, 0.6) is 5.88 Å². The predicted molar refractivity (Wildman–Crippen MR) is 78.4 cm³/mol. The van der Waals surface area contributed by atoms with Crippen molar-refractivity contribution in [1.29, 1.82) is 0 Å². The van der Waals surface area contributed by atoms with Crippen molar-refractivity contribution in [3.63, 3.8) is 0 Å². The van der Waals surface area contributed by atoms with Gasteiger partial charge in [-0.15, -0.1) is 0 Å². The first-order valence-electron chi connectivity index (χ1n) is 6.09. The zero-order chi connectivity index (χ0) is 15.0. The van der Waals surface area contributed by atoms with Gasteiger partial charge in [-0.25, -0.2) is 9.97 Å². The molecule has 3 rings (SSSR count). The number of halogens is 3. The van der Waals surface area contributed by atoms with Crippen molar-refractivity contribution < 1.29 is 13.5 Å². The van der Waals surface area contributed by atoms with Gasteiger partial charge < -0.3 is 9.72 Å². The largest absolute Gasteiger partial charge is 0.415 e. The summed E-state index contributed by atoms with van der Waals surface area (Å²) in [6.45, 7) is -0.907. The molecular formula is C14H10BrF2N3O. The lowest BCUT2D eigenvalue weighted by molar-refractivity contribution is -0.0530. The third-order valence-electron chi connectivity index (χ3n) is 3.11. The summed E-state index contributed by atoms with van der Waals surface area (Å²) in [7, 11) is 0. The zero-order valence-corrected chi connectivity index (χ0v) is 12.5. The summed E-state index contributed by atoms with van der Waals surface area (Å²) in [5.41, 5.74) is 3.54. The van der Waals surface area contributed by atoms with Crippen LogP contribution in [0.15, 0.2) is 35.2 Å². The monoisotopic (exact) mass is 353 g/mol. The van der Waals surface area contributed by atoms with E-state index in [0.717, 1.165) is 26.5 Å². The Labute approximate surface area is 127 Å². The molecule has 0 aliphatic heterocycles. The van der Waals surface area contributed by atoms with Crippen molar-refractivity contribution in [2.45, 2.75) is 13.5 Å². The number of fused-ring (bicyclic) bond motifs is 1. The SMILES string of the molecule is Cc1ccc(-c2cnc(OC(F)F)cn2)c2c(Br)c[nH]c12. The smallest absolute Gasteiger partial charge is 0.388 e. The molecule has 0 bridgehead atoms. The first-order valence-corrected chi connectivity index (χ1v) is 6.89. The molecule has 0 aliphatic carbocycles. The number of hydrogen-bond donors (Lipinski definition) is 1. The van der Waals surface area contributed by atoms with Crippen molar-refractivity contribution in [2.24, 2.45) is 0 Å². The van der Waals surface area contributed by atoms with E-state index < -0.39 is 6.61 Å². The minimum absolute atomic E-state index is 0.203. The zero-order valence-electron chi connectivity index (χ0n) is 10.9. The first-order chi connectivity index (χ1) is 10.1. The van der Waals surface area contributed by atoms with Crippen LogP contribution in [0.1, 0.15) is 5.56 Å². The van der Waals surface area contributed by atoms with Crippen molar-refractivity contribution in [3.8, 4) is 17.1 Å². The van der Waals surface area contributed by atoms with Gasteiger partial charge in [0.05, 0.1) is 23.6 Å². The third-order valence-corrected chi connectivity index (χ3v) is 3.74. The third kappa shape index (κ3) is 2.61. The van der Waals surface area contributed by atoms with Gasteiger partial charge >= 0.3 is 6.61 Å². The second-order valence-electron chi connectivity index (χ2n) is 4.44. The number of aromatic amines is 1. The molecule has 7 heteroatoms. The molecule has 0 saturated carbocycles. The summed E-state index contributed by atoms with van der Waals surface area (Å²) in [6, 6.07) is 3.89. The molecule has 0 radical (unpaired) electrons. The van der Waals surface area contributed by atoms with Crippen molar-refractivity contribution in [1.82, 2.24) is 15.0 Å². The van der Waals surface area contributed by atoms with E-state index in [1.165, 1.54) is 12.4 Å². The van der Waals surface area contributed by atoms with E-state index in [-0.39, 0.29) is 5.88 Å². The Kier molecular flexibility index (Phi) is 3.59. The van der Waals surface area contributed by atoms with Gasteiger partial charge in [0.15, 0.2) is 0 Å². The van der Waals surface area contributed by atoms with Gasteiger partial charge in [0, 0.05) is 21.6 Å². The maximum atomic E-state index is 12.1. The average Bonchev–Trinajstić information content (AvgIpc) is 2.83. The highest BCUT2D eigenvalue weighted by Crippen LogP contribution is 2.34. The van der Waals surface area contributed by atoms with E-state index in [1.807, 2.05) is 25.3 Å². The number of aromatic nitrogens is 3. The van der Waals surface area contributed by atoms with Crippen molar-refractivity contribution >= 4 is 26.8 Å². The fourth-order valence-corrected chi connectivity index (χ4v) is 2.70. The Morgan fingerprint density at radius 1 is 1.24 bits per heavy atom. The van der Waals surface area contributed by atoms with E-state index in [9.17, 15) is 8.78 Å². The molecule has 1 N–H and O–H groups in total. The maximum absolute atomic E-state index is 12.1. The van der Waals surface area contributed by atoms with E-state index in [1.54, 1.807) is 0 Å². The van der Waals surface area contributed by atoms with Gasteiger partial charge in [-0.3, -0.25) is 0 Å². The minimum Gasteiger partial charge on any atom is -0.415 e. The lowest BCUT2D eigenvalue weighted by Gasteiger charge is -2.07. The molecule has 0 spiro atoms. The highest BCUT2D eigenvalue weighted by atomic mass is 79.9. The Morgan fingerprint density at radius 2 is 2.05 bits per heavy atom. The highest BCUT2D eigenvalue weighted by molar-refractivity contribution is 9.10. The van der Waals surface area contributed by atoms with Gasteiger partial charge in [-0.05, 0) is 28.4 Å². The number of benzene rings is 1. The van der Waals surface area contributed by atoms with Crippen LogP contribution in [0.4, 0.5) is 8.78 Å². The summed E-state index contributed by atoms with van der Waals surface area (Å²) >= 11 is 3.49. The van der Waals surface area contributed by atoms with Crippen LogP contribution in [-0.2, 0) is 0 Å². The molecule has 0 atom stereocenters. The van der Waals surface area contributed by atoms with Crippen LogP contribution in [0, 0.1) is 6.92 Å². The van der Waals surface area contributed by atoms with Gasteiger partial charge in [-0.1, -0.05) is 12.1 Å². The lowest BCUT2D eigenvalue weighted by Crippen LogP contribution is -2.04. The predicted octanol–water partition coefficient (Wildman–Crippen LogP) is 4.30. The first kappa shape index (κ1) is 13.9. The molecule has 3 aromatic rings. The summed E-state index contributed by atoms with van der Waals surface area (Å²) in [6.07, 6.45) is 4.46. The molecule has 1 aromatic carbocycles. The molecule has 108 valence electrons. The maximum Gasteiger partial charge on any atom is 0.388 e. The average molecular weight is 354 g/mol. The Morgan fingerprint density at radius 3 is 2.71 bits per heavy atom. The molecule has 0 saturated heterocycles. The van der Waals surface area contributed by atoms with E-state index in [4.69, 9.17) is 0 Å². The minimum atomic E-state index is -2.91. The van der Waals surface area contributed by atoms with E-state index in [2.05, 4.69) is 35.6 Å². The van der Waals surface area contributed by atoms with Crippen LogP contribution < -0.4 is 4.74 Å². The molecular weight excluding hydrogens is 344 g/mol. The van der Waals surface area contributed by atoms with Crippen molar-refractivity contribution in [2.75, 3.05) is 0 Å². The summed E-state index contributed by atoms with van der Waals surface area (Å²) in [5, 5.41) is 0.979. The molecule has 0 fully saturated rings. The number of rotatable bonds is 3. The number of hydrogen-bond acceptors (Lipinski definition) is 3. The van der Waals surface area contributed by atoms with Crippen LogP contribution in [0.25, 0.3) is 22.2 Å². The number of H-pyrrole nitrogens is 1. The fourth-order valence-electron chi connectivity index (χ4n) is 2.17. The van der Waals surface area contributed by atoms with Crippen LogP contribution in [0.2, 0.25) is 0 Å². The summed E-state index contributed by atoms with van der Waals surface area (Å²) < 4.78 is 29.3. The van der Waals surface area contributed by atoms with E-state index >= 15 is 0 Å². The van der Waals surface area contributed by atoms with Gasteiger partial charge in [0.2, 0.25) is 5.88 Å². The number of ether oxygens (including phenoxy) is 1. The Hall–Kier alpha value is -2.02. The van der Waals surface area contributed by atoms with Crippen LogP contribution in [-0.4, -0.2) is 21.6 Å². The molecule has 0 amide bonds. The van der Waals surface area contributed by atoms with Crippen LogP contribution in [0.3, 0.4) is 0 Å². The van der Waals surface area contributed by atoms with Crippen molar-refractivity contribution in [3.05, 3.63) is 40.8 Å². The molecule has 21 heavy (non-hydrogen) atoms. The quantitative estimate of drug-likeness (QED) is 0.763. The van der Waals surface area contributed by atoms with Gasteiger partial charge in [-0.2, -0.15) is 8.78 Å². The second kappa shape index (κ2) is 5.40. The molecule has 0 aliphatic rings. The molecule has 2 heterocycles. The number of aryl methyl sites for hydroxylation is 1. The van der Waals surface area contributed by atoms with E-state index in [0.29, 0.717) is 5.69 Å². The highest BCUT2D eigenvalue weighted by Gasteiger charge is 2.13. The molecule has 4 nitrogen and oxygen atoms in total. The molecule has 0 unspecified atom stereocenters. The number of alkyl halides is 2. The number of nitrogens with one attached hydrogen (secondary N) is 1. The standard InChI is InChI=1S/C14H10BrF2N3O/c1-7-2-3-8(12-9(15)4-20-13(7)12)10-5-19-11(6-18-10)21-14(16)17/h2-6,14,20H,1H3. The number of nitrogens with zero attached hydrogens (tertiary/aromatic N) is 2. The lowest BCUT2D eigenvalue weighted by atomic mass is 10.0. The Balaban J connectivity index is 2.08. The molecule has 2 aromatic heterocycles. The van der Waals surface area contributed by atoms with Crippen LogP contribution >= 0.6 is 15.9 Å². The van der Waals surface area contributed by atoms with Gasteiger partial charge in [0.25, 0.3) is 0 Å². The Bertz CT molecular complexity index is 787.